The Kier molecular flexibility index (Phi) is 6.42. The van der Waals surface area contributed by atoms with E-state index in [1.54, 1.807) is 0 Å². The largest absolute Gasteiger partial charge is 0.353 e. The molecular weight excluding hydrogens is 611 g/mol. The molecule has 5 heteroatoms. The first-order valence-corrected chi connectivity index (χ1v) is 16.8. The number of aromatic amines is 1. The summed E-state index contributed by atoms with van der Waals surface area (Å²) in [5.74, 6) is 1.49. The van der Waals surface area contributed by atoms with Crippen LogP contribution in [0.5, 0.6) is 0 Å². The van der Waals surface area contributed by atoms with Crippen molar-refractivity contribution in [3.8, 4) is 56.3 Å². The molecule has 10 rings (SSSR count). The fraction of sp³-hybridized carbons (Fsp3) is 0. The second kappa shape index (κ2) is 11.4. The number of hydrogen-bond acceptors (Lipinski definition) is 4. The maximum atomic E-state index is 5.37. The van der Waals surface area contributed by atoms with Gasteiger partial charge >= 0.3 is 0 Å². The van der Waals surface area contributed by atoms with Gasteiger partial charge in [-0.3, -0.25) is 4.90 Å². The van der Waals surface area contributed by atoms with Crippen molar-refractivity contribution in [3.05, 3.63) is 170 Å². The van der Waals surface area contributed by atoms with Gasteiger partial charge in [0.1, 0.15) is 5.82 Å². The minimum atomic E-state index is 0.667. The van der Waals surface area contributed by atoms with E-state index < -0.39 is 0 Å². The highest BCUT2D eigenvalue weighted by molar-refractivity contribution is 6.15. The predicted molar refractivity (Wildman–Crippen MR) is 205 cm³/mol. The SMILES string of the molecule is c1ccc(-c2cc3cc(c2)N(c2ccccc2)c2cccc(n2)-c2cccc4c2[nH]c2c(cccc24)-c2nc(-c4ccccc4)cc-3n2)cc1. The lowest BCUT2D eigenvalue weighted by molar-refractivity contribution is 1.17. The Balaban J connectivity index is 1.36. The summed E-state index contributed by atoms with van der Waals surface area (Å²) in [6.45, 7) is 0. The van der Waals surface area contributed by atoms with Crippen LogP contribution in [-0.2, 0) is 0 Å². The summed E-state index contributed by atoms with van der Waals surface area (Å²) in [5.41, 5.74) is 12.8. The normalized spacial score (nSPS) is 12.0. The molecule has 5 nitrogen and oxygen atoms in total. The van der Waals surface area contributed by atoms with E-state index in [1.807, 2.05) is 12.1 Å². The molecule has 8 bridgehead atoms. The van der Waals surface area contributed by atoms with Gasteiger partial charge in [0.2, 0.25) is 0 Å². The van der Waals surface area contributed by atoms with E-state index >= 15 is 0 Å². The lowest BCUT2D eigenvalue weighted by Gasteiger charge is -2.26. The molecule has 0 radical (unpaired) electrons. The summed E-state index contributed by atoms with van der Waals surface area (Å²) in [4.78, 5) is 22.0. The molecule has 4 heterocycles. The van der Waals surface area contributed by atoms with Gasteiger partial charge in [-0.25, -0.2) is 15.0 Å². The third-order valence-corrected chi connectivity index (χ3v) is 9.54. The number of pyridine rings is 1. The Morgan fingerprint density at radius 1 is 0.380 bits per heavy atom. The van der Waals surface area contributed by atoms with Crippen molar-refractivity contribution in [2.24, 2.45) is 0 Å². The molecule has 1 N–H and O–H groups in total. The molecule has 0 saturated carbocycles. The number of nitrogens with zero attached hydrogens (tertiary/aromatic N) is 4. The highest BCUT2D eigenvalue weighted by atomic mass is 15.2. The van der Waals surface area contributed by atoms with Crippen LogP contribution in [-0.4, -0.2) is 19.9 Å². The van der Waals surface area contributed by atoms with Crippen molar-refractivity contribution in [1.82, 2.24) is 19.9 Å². The average molecular weight is 640 g/mol. The second-order valence-electron chi connectivity index (χ2n) is 12.6. The van der Waals surface area contributed by atoms with Crippen molar-refractivity contribution in [2.75, 3.05) is 4.90 Å². The molecular formula is C45H29N5. The van der Waals surface area contributed by atoms with Crippen molar-refractivity contribution >= 4 is 39.0 Å². The van der Waals surface area contributed by atoms with Crippen molar-refractivity contribution in [2.45, 2.75) is 0 Å². The number of H-pyrrole nitrogens is 1. The first-order valence-electron chi connectivity index (χ1n) is 16.8. The molecule has 1 aliphatic heterocycles. The third-order valence-electron chi connectivity index (χ3n) is 9.54. The van der Waals surface area contributed by atoms with Gasteiger partial charge < -0.3 is 4.98 Å². The van der Waals surface area contributed by atoms with Crippen molar-refractivity contribution in [3.63, 3.8) is 0 Å². The number of nitrogens with one attached hydrogen (secondary N) is 1. The number of fused-ring (bicyclic) bond motifs is 10. The molecule has 0 saturated heterocycles. The number of rotatable bonds is 3. The molecule has 234 valence electrons. The number of benzene rings is 6. The fourth-order valence-corrected chi connectivity index (χ4v) is 7.19. The number of aromatic nitrogens is 4. The van der Waals surface area contributed by atoms with Gasteiger partial charge in [0.25, 0.3) is 0 Å². The molecule has 0 fully saturated rings. The summed E-state index contributed by atoms with van der Waals surface area (Å²) in [5, 5.41) is 2.26. The van der Waals surface area contributed by atoms with Crippen LogP contribution in [0.2, 0.25) is 0 Å². The smallest absolute Gasteiger partial charge is 0.162 e. The fourth-order valence-electron chi connectivity index (χ4n) is 7.19. The van der Waals surface area contributed by atoms with Crippen LogP contribution in [0.15, 0.2) is 170 Å². The van der Waals surface area contributed by atoms with Gasteiger partial charge in [-0.05, 0) is 65.7 Å². The zero-order chi connectivity index (χ0) is 33.0. The maximum Gasteiger partial charge on any atom is 0.162 e. The van der Waals surface area contributed by atoms with Crippen LogP contribution in [0, 0.1) is 0 Å². The maximum absolute atomic E-state index is 5.37. The van der Waals surface area contributed by atoms with E-state index in [4.69, 9.17) is 15.0 Å². The van der Waals surface area contributed by atoms with Crippen LogP contribution in [0.1, 0.15) is 0 Å². The Labute approximate surface area is 289 Å². The molecule has 3 aromatic heterocycles. The van der Waals surface area contributed by atoms with E-state index in [2.05, 4.69) is 168 Å². The topological polar surface area (TPSA) is 57.7 Å². The molecule has 0 aliphatic carbocycles. The summed E-state index contributed by atoms with van der Waals surface area (Å²) in [6, 6.07) is 59.3. The van der Waals surface area contributed by atoms with E-state index in [9.17, 15) is 0 Å². The zero-order valence-corrected chi connectivity index (χ0v) is 27.0. The predicted octanol–water partition coefficient (Wildman–Crippen LogP) is 11.6. The van der Waals surface area contributed by atoms with E-state index in [1.165, 1.54) is 0 Å². The number of para-hydroxylation sites is 3. The highest BCUT2D eigenvalue weighted by Crippen LogP contribution is 2.42. The summed E-state index contributed by atoms with van der Waals surface area (Å²) in [6.07, 6.45) is 0. The summed E-state index contributed by atoms with van der Waals surface area (Å²) >= 11 is 0. The van der Waals surface area contributed by atoms with E-state index in [-0.39, 0.29) is 0 Å². The summed E-state index contributed by atoms with van der Waals surface area (Å²) < 4.78 is 0. The standard InChI is InChI=1S/C45H29N5/c1-4-13-29(14-5-1)31-25-32-27-34(26-31)50(33-17-8-3-9-18-33)42-24-12-23-39(46-42)37-21-10-19-35-36-20-11-22-38(44(36)49-43(35)37)45-47-40(28-41(32)48-45)30-15-6-2-7-16-30/h1-28,49H. The van der Waals surface area contributed by atoms with Gasteiger partial charge in [0, 0.05) is 44.4 Å². The number of anilines is 3. The number of hydrogen-bond donors (Lipinski definition) is 1. The van der Waals surface area contributed by atoms with E-state index in [0.717, 1.165) is 89.5 Å². The molecule has 0 atom stereocenters. The van der Waals surface area contributed by atoms with Gasteiger partial charge in [0.05, 0.1) is 28.1 Å². The molecule has 1 aliphatic rings. The molecule has 0 spiro atoms. The Hall–Kier alpha value is -6.85. The van der Waals surface area contributed by atoms with Gasteiger partial charge in [-0.1, -0.05) is 115 Å². The van der Waals surface area contributed by atoms with E-state index in [0.29, 0.717) is 5.82 Å². The van der Waals surface area contributed by atoms with Crippen LogP contribution >= 0.6 is 0 Å². The minimum absolute atomic E-state index is 0.667. The Morgan fingerprint density at radius 2 is 0.980 bits per heavy atom. The lowest BCUT2D eigenvalue weighted by atomic mass is 9.98. The Morgan fingerprint density at radius 3 is 1.72 bits per heavy atom. The third kappa shape index (κ3) is 4.67. The average Bonchev–Trinajstić information content (AvgIpc) is 3.58. The zero-order valence-electron chi connectivity index (χ0n) is 27.0. The first kappa shape index (κ1) is 28.2. The minimum Gasteiger partial charge on any atom is -0.353 e. The molecule has 0 amide bonds. The Bertz CT molecular complexity index is 2700. The van der Waals surface area contributed by atoms with Crippen LogP contribution in [0.3, 0.4) is 0 Å². The molecule has 50 heavy (non-hydrogen) atoms. The molecule has 9 aromatic rings. The monoisotopic (exact) mass is 639 g/mol. The molecule has 0 unspecified atom stereocenters. The van der Waals surface area contributed by atoms with Crippen LogP contribution < -0.4 is 4.90 Å². The van der Waals surface area contributed by atoms with Gasteiger partial charge in [-0.2, -0.15) is 0 Å². The van der Waals surface area contributed by atoms with Gasteiger partial charge in [-0.15, -0.1) is 0 Å². The first-order chi connectivity index (χ1) is 24.8. The summed E-state index contributed by atoms with van der Waals surface area (Å²) in [7, 11) is 0. The van der Waals surface area contributed by atoms with Crippen LogP contribution in [0.25, 0.3) is 78.1 Å². The van der Waals surface area contributed by atoms with Crippen molar-refractivity contribution < 1.29 is 0 Å². The highest BCUT2D eigenvalue weighted by Gasteiger charge is 2.21. The molecule has 6 aromatic carbocycles. The lowest BCUT2D eigenvalue weighted by Crippen LogP contribution is -2.12. The van der Waals surface area contributed by atoms with Crippen molar-refractivity contribution in [1.29, 1.82) is 0 Å². The second-order valence-corrected chi connectivity index (χ2v) is 12.6. The quantitative estimate of drug-likeness (QED) is 0.209. The van der Waals surface area contributed by atoms with Crippen LogP contribution in [0.4, 0.5) is 17.2 Å². The van der Waals surface area contributed by atoms with Gasteiger partial charge in [0.15, 0.2) is 5.82 Å².